The van der Waals surface area contributed by atoms with Crippen molar-refractivity contribution >= 4 is 29.0 Å². The van der Waals surface area contributed by atoms with Gasteiger partial charge in [-0.1, -0.05) is 30.3 Å². The van der Waals surface area contributed by atoms with E-state index in [1.165, 1.54) is 31.5 Å². The molecule has 1 amide bonds. The Morgan fingerprint density at radius 1 is 1.13 bits per heavy atom. The molecule has 4 aromatic rings. The average Bonchev–Trinajstić information content (AvgIpc) is 3.39. The molecule has 0 aliphatic rings. The molecule has 0 saturated carbocycles. The van der Waals surface area contributed by atoms with Gasteiger partial charge in [-0.05, 0) is 30.3 Å². The van der Waals surface area contributed by atoms with Gasteiger partial charge in [0.05, 0.1) is 25.4 Å². The van der Waals surface area contributed by atoms with Crippen LogP contribution in [0.15, 0.2) is 76.4 Å². The minimum Gasteiger partial charge on any atom is -0.463 e. The number of halogens is 1. The zero-order valence-electron chi connectivity index (χ0n) is 16.5. The van der Waals surface area contributed by atoms with Crippen molar-refractivity contribution in [3.63, 3.8) is 0 Å². The summed E-state index contributed by atoms with van der Waals surface area (Å²) in [6.07, 6.45) is 3.35. The van der Waals surface area contributed by atoms with E-state index >= 15 is 0 Å². The highest BCUT2D eigenvalue weighted by molar-refractivity contribution is 6.00. The number of hydrogen-bond acceptors (Lipinski definition) is 5. The molecule has 2 aromatic carbocycles. The molecule has 0 aliphatic carbocycles. The van der Waals surface area contributed by atoms with Crippen molar-refractivity contribution < 1.29 is 23.1 Å². The van der Waals surface area contributed by atoms with Crippen LogP contribution >= 0.6 is 0 Å². The highest BCUT2D eigenvalue weighted by Crippen LogP contribution is 2.22. The average molecular weight is 419 g/mol. The van der Waals surface area contributed by atoms with Crippen molar-refractivity contribution in [3.05, 3.63) is 95.3 Å². The van der Waals surface area contributed by atoms with Gasteiger partial charge in [-0.3, -0.25) is 4.79 Å². The maximum atomic E-state index is 13.7. The topological polar surface area (TPSA) is 85.8 Å². The van der Waals surface area contributed by atoms with Crippen LogP contribution in [0.2, 0.25) is 0 Å². The first-order valence-corrected chi connectivity index (χ1v) is 9.39. The lowest BCUT2D eigenvalue weighted by molar-refractivity contribution is 0.0562. The SMILES string of the molecule is COC(=O)c1ccc(Cn2cc(/C=N\NC(=O)c3ccccc3F)c3ccccc32)o1. The van der Waals surface area contributed by atoms with Gasteiger partial charge < -0.3 is 13.7 Å². The number of nitrogens with one attached hydrogen (secondary N) is 1. The molecule has 0 radical (unpaired) electrons. The minimum absolute atomic E-state index is 0.0821. The number of para-hydroxylation sites is 1. The van der Waals surface area contributed by atoms with E-state index in [1.54, 1.807) is 18.2 Å². The van der Waals surface area contributed by atoms with Gasteiger partial charge in [0, 0.05) is 22.7 Å². The second-order valence-electron chi connectivity index (χ2n) is 6.67. The van der Waals surface area contributed by atoms with Crippen LogP contribution < -0.4 is 5.43 Å². The summed E-state index contributed by atoms with van der Waals surface area (Å²) in [5.41, 5.74) is 3.93. The molecule has 2 heterocycles. The molecule has 0 fully saturated rings. The lowest BCUT2D eigenvalue weighted by atomic mass is 10.2. The Labute approximate surface area is 176 Å². The zero-order valence-corrected chi connectivity index (χ0v) is 16.5. The number of benzene rings is 2. The first-order chi connectivity index (χ1) is 15.1. The number of carbonyl (C=O) groups excluding carboxylic acids is 2. The van der Waals surface area contributed by atoms with Crippen LogP contribution in [0, 0.1) is 5.82 Å². The number of esters is 1. The van der Waals surface area contributed by atoms with E-state index in [0.717, 1.165) is 16.5 Å². The summed E-state index contributed by atoms with van der Waals surface area (Å²) in [4.78, 5) is 23.7. The van der Waals surface area contributed by atoms with E-state index in [9.17, 15) is 14.0 Å². The van der Waals surface area contributed by atoms with Gasteiger partial charge in [0.15, 0.2) is 0 Å². The number of methoxy groups -OCH3 is 1. The van der Waals surface area contributed by atoms with Crippen LogP contribution in [0.4, 0.5) is 4.39 Å². The van der Waals surface area contributed by atoms with Gasteiger partial charge >= 0.3 is 5.97 Å². The molecule has 31 heavy (non-hydrogen) atoms. The van der Waals surface area contributed by atoms with Crippen LogP contribution in [-0.4, -0.2) is 29.8 Å². The lowest BCUT2D eigenvalue weighted by Crippen LogP contribution is -2.18. The number of aromatic nitrogens is 1. The number of hydrazone groups is 1. The number of rotatable bonds is 6. The first-order valence-electron chi connectivity index (χ1n) is 9.39. The number of nitrogens with zero attached hydrogens (tertiary/aromatic N) is 2. The smallest absolute Gasteiger partial charge is 0.373 e. The summed E-state index contributed by atoms with van der Waals surface area (Å²) in [7, 11) is 1.29. The quantitative estimate of drug-likeness (QED) is 0.291. The molecule has 156 valence electrons. The van der Waals surface area contributed by atoms with Crippen LogP contribution in [0.1, 0.15) is 32.2 Å². The summed E-state index contributed by atoms with van der Waals surface area (Å²) < 4.78 is 25.9. The van der Waals surface area contributed by atoms with E-state index in [0.29, 0.717) is 12.3 Å². The summed E-state index contributed by atoms with van der Waals surface area (Å²) in [6, 6.07) is 16.6. The van der Waals surface area contributed by atoms with Crippen LogP contribution in [0.5, 0.6) is 0 Å². The molecule has 0 spiro atoms. The molecular weight excluding hydrogens is 401 g/mol. The van der Waals surface area contributed by atoms with Gasteiger partial charge in [0.2, 0.25) is 5.76 Å². The highest BCUT2D eigenvalue weighted by atomic mass is 19.1. The normalized spacial score (nSPS) is 11.2. The number of carbonyl (C=O) groups is 2. The predicted molar refractivity (Wildman–Crippen MR) is 113 cm³/mol. The Balaban J connectivity index is 1.56. The third kappa shape index (κ3) is 4.23. The summed E-state index contributed by atoms with van der Waals surface area (Å²) in [5, 5.41) is 4.89. The highest BCUT2D eigenvalue weighted by Gasteiger charge is 2.14. The fourth-order valence-electron chi connectivity index (χ4n) is 3.22. The minimum atomic E-state index is -0.635. The van der Waals surface area contributed by atoms with Gasteiger partial charge in [-0.2, -0.15) is 5.10 Å². The third-order valence-corrected chi connectivity index (χ3v) is 4.68. The summed E-state index contributed by atoms with van der Waals surface area (Å²) in [5.74, 6) is -1.08. The molecule has 4 rings (SSSR count). The Morgan fingerprint density at radius 2 is 1.90 bits per heavy atom. The van der Waals surface area contributed by atoms with Crippen molar-refractivity contribution in [2.24, 2.45) is 5.10 Å². The Bertz CT molecular complexity index is 1290. The van der Waals surface area contributed by atoms with Gasteiger partial charge in [0.25, 0.3) is 5.91 Å². The second kappa shape index (κ2) is 8.66. The van der Waals surface area contributed by atoms with E-state index in [4.69, 9.17) is 4.42 Å². The maximum Gasteiger partial charge on any atom is 0.373 e. The van der Waals surface area contributed by atoms with Crippen molar-refractivity contribution in [2.45, 2.75) is 6.54 Å². The molecule has 7 nitrogen and oxygen atoms in total. The van der Waals surface area contributed by atoms with E-state index in [1.807, 2.05) is 35.0 Å². The molecule has 0 saturated heterocycles. The zero-order chi connectivity index (χ0) is 21.8. The van der Waals surface area contributed by atoms with Crippen molar-refractivity contribution in [2.75, 3.05) is 7.11 Å². The Hall–Kier alpha value is -4.20. The number of amides is 1. The number of furan rings is 1. The van der Waals surface area contributed by atoms with Crippen molar-refractivity contribution in [3.8, 4) is 0 Å². The fraction of sp³-hybridized carbons (Fsp3) is 0.0870. The second-order valence-corrected chi connectivity index (χ2v) is 6.67. The van der Waals surface area contributed by atoms with Crippen molar-refractivity contribution in [1.82, 2.24) is 9.99 Å². The van der Waals surface area contributed by atoms with E-state index in [2.05, 4.69) is 15.3 Å². The maximum absolute atomic E-state index is 13.7. The molecule has 0 bridgehead atoms. The molecule has 2 aromatic heterocycles. The number of hydrogen-bond donors (Lipinski definition) is 1. The van der Waals surface area contributed by atoms with Crippen molar-refractivity contribution in [1.29, 1.82) is 0 Å². The first kappa shape index (κ1) is 20.1. The standard InChI is InChI=1S/C23H18FN3O4/c1-30-23(29)21-11-10-16(31-21)14-27-13-15(17-6-3-5-9-20(17)27)12-25-26-22(28)18-7-2-4-8-19(18)24/h2-13H,14H2,1H3,(H,26,28)/b25-12-. The number of fused-ring (bicyclic) bond motifs is 1. The Kier molecular flexibility index (Phi) is 5.61. The van der Waals surface area contributed by atoms with Crippen LogP contribution in [-0.2, 0) is 11.3 Å². The van der Waals surface area contributed by atoms with Gasteiger partial charge in [-0.25, -0.2) is 14.6 Å². The third-order valence-electron chi connectivity index (χ3n) is 4.68. The lowest BCUT2D eigenvalue weighted by Gasteiger charge is -2.02. The summed E-state index contributed by atoms with van der Waals surface area (Å²) in [6.45, 7) is 0.382. The predicted octanol–water partition coefficient (Wildman–Crippen LogP) is 3.97. The number of ether oxygens (including phenoxy) is 1. The molecule has 0 atom stereocenters. The molecule has 0 unspecified atom stereocenters. The van der Waals surface area contributed by atoms with E-state index < -0.39 is 17.7 Å². The fourth-order valence-corrected chi connectivity index (χ4v) is 3.22. The molecule has 0 aliphatic heterocycles. The van der Waals surface area contributed by atoms with Crippen LogP contribution in [0.25, 0.3) is 10.9 Å². The Morgan fingerprint density at radius 3 is 2.71 bits per heavy atom. The van der Waals surface area contributed by atoms with Crippen LogP contribution in [0.3, 0.4) is 0 Å². The largest absolute Gasteiger partial charge is 0.463 e. The van der Waals surface area contributed by atoms with Gasteiger partial charge in [0.1, 0.15) is 11.6 Å². The van der Waals surface area contributed by atoms with E-state index in [-0.39, 0.29) is 11.3 Å². The molecular formula is C23H18FN3O4. The summed E-state index contributed by atoms with van der Waals surface area (Å²) >= 11 is 0. The molecule has 1 N–H and O–H groups in total. The van der Waals surface area contributed by atoms with Gasteiger partial charge in [-0.15, -0.1) is 0 Å². The monoisotopic (exact) mass is 419 g/mol. The molecule has 8 heteroatoms.